The first kappa shape index (κ1) is 45.5. The molecular weight excluding hydrogens is 863 g/mol. The van der Waals surface area contributed by atoms with E-state index in [9.17, 15) is 13.6 Å². The van der Waals surface area contributed by atoms with Gasteiger partial charge in [-0.2, -0.15) is 0 Å². The molecular formula is C51H42F2N14O. The molecule has 4 aromatic carbocycles. The maximum atomic E-state index is 13.6. The van der Waals surface area contributed by atoms with Crippen LogP contribution in [0.5, 0.6) is 0 Å². The van der Waals surface area contributed by atoms with Crippen molar-refractivity contribution in [2.24, 2.45) is 5.73 Å². The predicted molar refractivity (Wildman–Crippen MR) is 258 cm³/mol. The second kappa shape index (κ2) is 21.3. The highest BCUT2D eigenvalue weighted by atomic mass is 19.1. The van der Waals surface area contributed by atoms with E-state index in [-0.39, 0.29) is 30.1 Å². The number of carbonyl (C=O) groups excluding carboxylic acids is 1. The molecule has 0 saturated carbocycles. The van der Waals surface area contributed by atoms with E-state index in [0.717, 1.165) is 72.4 Å². The standard InChI is InChI=1S/C26H20FN7O.C19H14FN5.C6H8N2/c1-16-21-12-18(7-10-23(21)32-15-31-16)22-14-29-25(33-24(22)17-5-8-19(27)9-6-17)34-26(35)30-13-20-4-2-3-11-28-20;1-11-15-8-13(4-7-17(15)24-10-23-11)16-9-22-19(21)25-18(16)12-2-5-14(20)6-3-12;7-5-6-3-1-2-4-8-6/h2-12,14-15H,13H2,1H3,(H2,29,30,33,34,35);2-10H,1H3,(H2,21,22,25);1-4H,5,7H2. The van der Waals surface area contributed by atoms with Crippen molar-refractivity contribution in [2.75, 3.05) is 11.1 Å². The third kappa shape index (κ3) is 11.2. The summed E-state index contributed by atoms with van der Waals surface area (Å²) in [4.78, 5) is 55.1. The van der Waals surface area contributed by atoms with Gasteiger partial charge in [-0.15, -0.1) is 0 Å². The number of nitrogens with two attached hydrogens (primary N) is 2. The summed E-state index contributed by atoms with van der Waals surface area (Å²) in [7, 11) is 0. The van der Waals surface area contributed by atoms with Crippen molar-refractivity contribution in [3.8, 4) is 44.8 Å². The highest BCUT2D eigenvalue weighted by Gasteiger charge is 2.16. The lowest BCUT2D eigenvalue weighted by atomic mass is 9.99. The monoisotopic (exact) mass is 904 g/mol. The number of hydrogen-bond donors (Lipinski definition) is 4. The van der Waals surface area contributed by atoms with E-state index in [1.807, 2.05) is 80.6 Å². The van der Waals surface area contributed by atoms with Crippen molar-refractivity contribution in [3.63, 3.8) is 0 Å². The summed E-state index contributed by atoms with van der Waals surface area (Å²) in [6.45, 7) is 4.64. The molecule has 336 valence electrons. The Balaban J connectivity index is 0.000000164. The molecule has 6 heterocycles. The maximum absolute atomic E-state index is 13.6. The van der Waals surface area contributed by atoms with Crippen molar-refractivity contribution in [2.45, 2.75) is 26.9 Å². The van der Waals surface area contributed by atoms with Gasteiger partial charge < -0.3 is 16.8 Å². The molecule has 0 fully saturated rings. The van der Waals surface area contributed by atoms with E-state index in [2.05, 4.69) is 60.5 Å². The van der Waals surface area contributed by atoms with Gasteiger partial charge in [0.05, 0.1) is 40.4 Å². The van der Waals surface area contributed by atoms with Crippen molar-refractivity contribution in [3.05, 3.63) is 193 Å². The molecule has 10 rings (SSSR count). The third-order valence-electron chi connectivity index (χ3n) is 10.4. The minimum absolute atomic E-state index is 0.117. The van der Waals surface area contributed by atoms with Crippen molar-refractivity contribution >= 4 is 39.7 Å². The van der Waals surface area contributed by atoms with E-state index in [1.165, 1.54) is 30.6 Å². The lowest BCUT2D eigenvalue weighted by Gasteiger charge is -2.13. The normalized spacial score (nSPS) is 10.7. The summed E-state index contributed by atoms with van der Waals surface area (Å²) in [6, 6.07) is 34.6. The van der Waals surface area contributed by atoms with Crippen LogP contribution in [0.3, 0.4) is 0 Å². The highest BCUT2D eigenvalue weighted by molar-refractivity contribution is 5.92. The fourth-order valence-corrected chi connectivity index (χ4v) is 6.96. The Morgan fingerprint density at radius 3 is 1.56 bits per heavy atom. The van der Waals surface area contributed by atoms with Gasteiger partial charge in [-0.05, 0) is 122 Å². The number of pyridine rings is 2. The van der Waals surface area contributed by atoms with Crippen LogP contribution in [0.2, 0.25) is 0 Å². The van der Waals surface area contributed by atoms with Crippen LogP contribution in [0.4, 0.5) is 25.5 Å². The zero-order valence-electron chi connectivity index (χ0n) is 36.7. The Labute approximate surface area is 388 Å². The molecule has 0 unspecified atom stereocenters. The molecule has 0 bridgehead atoms. The number of benzene rings is 4. The fourth-order valence-electron chi connectivity index (χ4n) is 6.96. The zero-order chi connectivity index (χ0) is 47.4. The molecule has 10 aromatic rings. The fraction of sp³-hybridized carbons (Fsp3) is 0.0784. The van der Waals surface area contributed by atoms with E-state index in [4.69, 9.17) is 11.5 Å². The number of nitrogens with zero attached hydrogens (tertiary/aromatic N) is 10. The molecule has 0 atom stereocenters. The number of amides is 2. The van der Waals surface area contributed by atoms with Gasteiger partial charge in [-0.1, -0.05) is 24.3 Å². The molecule has 6 N–H and O–H groups in total. The summed E-state index contributed by atoms with van der Waals surface area (Å²) in [5.41, 5.74) is 22.1. The first-order valence-electron chi connectivity index (χ1n) is 21.1. The summed E-state index contributed by atoms with van der Waals surface area (Å²) in [5, 5.41) is 7.26. The zero-order valence-corrected chi connectivity index (χ0v) is 36.7. The number of fused-ring (bicyclic) bond motifs is 2. The Kier molecular flexibility index (Phi) is 14.2. The first-order valence-corrected chi connectivity index (χ1v) is 21.1. The van der Waals surface area contributed by atoms with E-state index in [1.54, 1.807) is 61.4 Å². The van der Waals surface area contributed by atoms with Crippen LogP contribution in [-0.4, -0.2) is 55.9 Å². The first-order chi connectivity index (χ1) is 33.1. The molecule has 2 amide bonds. The van der Waals surface area contributed by atoms with Gasteiger partial charge in [0.1, 0.15) is 24.3 Å². The van der Waals surface area contributed by atoms with E-state index in [0.29, 0.717) is 23.5 Å². The topological polar surface area (TPSA) is 222 Å². The largest absolute Gasteiger partial charge is 0.368 e. The Hall–Kier alpha value is -9.09. The number of aromatic nitrogens is 10. The molecule has 15 nitrogen and oxygen atoms in total. The second-order valence-electron chi connectivity index (χ2n) is 15.0. The van der Waals surface area contributed by atoms with Crippen LogP contribution in [0.15, 0.2) is 159 Å². The van der Waals surface area contributed by atoms with E-state index >= 15 is 0 Å². The van der Waals surface area contributed by atoms with Crippen LogP contribution < -0.4 is 22.1 Å². The molecule has 68 heavy (non-hydrogen) atoms. The van der Waals surface area contributed by atoms with E-state index < -0.39 is 6.03 Å². The number of rotatable bonds is 8. The summed E-state index contributed by atoms with van der Waals surface area (Å²) in [5.74, 6) is -0.365. The Morgan fingerprint density at radius 2 is 1.06 bits per heavy atom. The maximum Gasteiger partial charge on any atom is 0.321 e. The Bertz CT molecular complexity index is 3330. The number of nitrogen functional groups attached to an aromatic ring is 1. The molecule has 0 spiro atoms. The van der Waals surface area contributed by atoms with Crippen molar-refractivity contribution < 1.29 is 13.6 Å². The number of halogens is 2. The van der Waals surface area contributed by atoms with Gasteiger partial charge in [0.25, 0.3) is 0 Å². The second-order valence-corrected chi connectivity index (χ2v) is 15.0. The summed E-state index contributed by atoms with van der Waals surface area (Å²) in [6.07, 6.45) is 9.80. The van der Waals surface area contributed by atoms with Crippen LogP contribution >= 0.6 is 0 Å². The molecule has 6 aromatic heterocycles. The average molecular weight is 905 g/mol. The van der Waals surface area contributed by atoms with Gasteiger partial charge in [0, 0.05) is 75.7 Å². The summed E-state index contributed by atoms with van der Waals surface area (Å²) >= 11 is 0. The van der Waals surface area contributed by atoms with Crippen molar-refractivity contribution in [1.82, 2.24) is 55.2 Å². The number of carbonyl (C=O) groups is 1. The minimum Gasteiger partial charge on any atom is -0.368 e. The highest BCUT2D eigenvalue weighted by Crippen LogP contribution is 2.34. The predicted octanol–water partition coefficient (Wildman–Crippen LogP) is 9.24. The Morgan fingerprint density at radius 1 is 0.559 bits per heavy atom. The molecule has 0 saturated heterocycles. The molecule has 0 aliphatic rings. The van der Waals surface area contributed by atoms with Gasteiger partial charge in [0.2, 0.25) is 11.9 Å². The number of hydrogen-bond acceptors (Lipinski definition) is 13. The SMILES string of the molecule is Cc1ncnc2ccc(-c3cnc(N)nc3-c3ccc(F)cc3)cc12.Cc1ncnc2ccc(-c3cnc(NC(=O)NCc4ccccn4)nc3-c3ccc(F)cc3)cc12.NCc1ccccn1. The lowest BCUT2D eigenvalue weighted by Crippen LogP contribution is -2.29. The quantitative estimate of drug-likeness (QED) is 0.112. The minimum atomic E-state index is -0.466. The number of nitrogens with one attached hydrogen (secondary N) is 2. The summed E-state index contributed by atoms with van der Waals surface area (Å²) < 4.78 is 26.9. The van der Waals surface area contributed by atoms with Crippen LogP contribution in [-0.2, 0) is 13.1 Å². The smallest absolute Gasteiger partial charge is 0.321 e. The van der Waals surface area contributed by atoms with Gasteiger partial charge >= 0.3 is 6.03 Å². The molecule has 0 aliphatic heterocycles. The van der Waals surface area contributed by atoms with Crippen LogP contribution in [0, 0.1) is 25.5 Å². The lowest BCUT2D eigenvalue weighted by molar-refractivity contribution is 0.251. The molecule has 0 radical (unpaired) electrons. The number of aryl methyl sites for hydroxylation is 2. The van der Waals surface area contributed by atoms with Gasteiger partial charge in [0.15, 0.2) is 0 Å². The average Bonchev–Trinajstić information content (AvgIpc) is 3.37. The molecule has 17 heteroatoms. The van der Waals surface area contributed by atoms with Gasteiger partial charge in [-0.3, -0.25) is 15.3 Å². The van der Waals surface area contributed by atoms with Crippen LogP contribution in [0.1, 0.15) is 22.8 Å². The van der Waals surface area contributed by atoms with Crippen molar-refractivity contribution in [1.29, 1.82) is 0 Å². The van der Waals surface area contributed by atoms with Gasteiger partial charge in [-0.25, -0.2) is 53.4 Å². The number of urea groups is 1. The number of anilines is 2. The molecule has 0 aliphatic carbocycles. The third-order valence-corrected chi connectivity index (χ3v) is 10.4. The van der Waals surface area contributed by atoms with Crippen LogP contribution in [0.25, 0.3) is 66.6 Å².